The van der Waals surface area contributed by atoms with Crippen LogP contribution in [0.1, 0.15) is 41.0 Å². The molecule has 7 rings (SSSR count). The number of nitrogen functional groups attached to an aromatic ring is 1. The Hall–Kier alpha value is -6.99. The molecule has 0 bridgehead atoms. The predicted octanol–water partition coefficient (Wildman–Crippen LogP) is 3.51. The average Bonchev–Trinajstić information content (AvgIpc) is 3.61. The maximum absolute atomic E-state index is 13.4. The van der Waals surface area contributed by atoms with Gasteiger partial charge in [0.1, 0.15) is 39.7 Å². The highest BCUT2D eigenvalue weighted by Crippen LogP contribution is 2.41. The normalized spacial score (nSPS) is 17.0. The first-order valence-electron chi connectivity index (χ1n) is 17.3. The number of benzene rings is 3. The van der Waals surface area contributed by atoms with E-state index in [2.05, 4.69) is 15.5 Å². The fourth-order valence-corrected chi connectivity index (χ4v) is 8.40. The van der Waals surface area contributed by atoms with Gasteiger partial charge in [0, 0.05) is 28.8 Å². The summed E-state index contributed by atoms with van der Waals surface area (Å²) in [4.78, 5) is 73.5. The van der Waals surface area contributed by atoms with Crippen molar-refractivity contribution in [2.75, 3.05) is 11.5 Å². The van der Waals surface area contributed by atoms with Crippen molar-refractivity contribution in [2.24, 2.45) is 5.16 Å². The number of carboxylic acids is 3. The van der Waals surface area contributed by atoms with Crippen molar-refractivity contribution in [1.82, 2.24) is 15.2 Å². The fourth-order valence-electron chi connectivity index (χ4n) is 6.54. The lowest BCUT2D eigenvalue weighted by Crippen LogP contribution is -2.71. The molecule has 1 fully saturated rings. The second-order valence-corrected chi connectivity index (χ2v) is 15.7. The van der Waals surface area contributed by atoms with E-state index in [9.17, 15) is 49.5 Å². The number of carbonyl (C=O) groups excluding carboxylic acids is 2. The Balaban J connectivity index is 1.10. The number of pyridine rings is 1. The minimum atomic E-state index is -1.80. The zero-order valence-electron chi connectivity index (χ0n) is 30.4. The summed E-state index contributed by atoms with van der Waals surface area (Å²) in [5, 5.41) is 58.3. The number of hydrogen-bond donors (Lipinski definition) is 7. The van der Waals surface area contributed by atoms with Gasteiger partial charge < -0.3 is 41.4 Å². The van der Waals surface area contributed by atoms with Gasteiger partial charge in [-0.1, -0.05) is 53.7 Å². The zero-order valence-corrected chi connectivity index (χ0v) is 32.1. The molecule has 2 unspecified atom stereocenters. The number of oxime groups is 1. The number of aliphatic carboxylic acids is 2. The molecular formula is C39H33N6O11S2+. The van der Waals surface area contributed by atoms with Crippen LogP contribution < -0.4 is 15.6 Å². The smallest absolute Gasteiger partial charge is 0.352 e. The molecule has 2 aromatic heterocycles. The number of rotatable bonds is 12. The first-order valence-corrected chi connectivity index (χ1v) is 19.2. The molecule has 296 valence electrons. The molecular weight excluding hydrogens is 793 g/mol. The molecule has 0 spiro atoms. The minimum absolute atomic E-state index is 0.0107. The number of phenols is 2. The number of phenolic OH excluding ortho intramolecular Hbond substituents is 2. The number of carboxylic acid groups (broad SMARTS) is 3. The Labute approximate surface area is 336 Å². The predicted molar refractivity (Wildman–Crippen MR) is 212 cm³/mol. The number of nitrogens with two attached hydrogens (primary N) is 1. The third-order valence-electron chi connectivity index (χ3n) is 9.44. The standard InChI is InChI=1S/C39H32N6O11S2/c1-39(2,37(54)55)56-43-29(23-17-58-38(40)41-23)32(48)42-30-33(49)45-31(36(52)53)20(16-57-34(30)45)12-11-18-7-9-19(10-8-18)15-44-24-6-4-3-5-22(24)27(35(50)51)28-25(44)13-21(46)14-26(28)47/h3-14,17,30,34H,15-16H2,1-2H3,(H7,40,41,42,46,47,48,50,51,52,53,54,55)/p+1/b12-11+,43-29-. The number of aromatic nitrogens is 2. The second-order valence-electron chi connectivity index (χ2n) is 13.7. The number of allylic oxidation sites excluding steroid dienone is 1. The lowest BCUT2D eigenvalue weighted by molar-refractivity contribution is -0.635. The second kappa shape index (κ2) is 15.2. The molecule has 1 saturated heterocycles. The summed E-state index contributed by atoms with van der Waals surface area (Å²) in [6.07, 6.45) is 3.30. The lowest BCUT2D eigenvalue weighted by atomic mass is 10.00. The number of nitrogens with zero attached hydrogens (tertiary/aromatic N) is 4. The van der Waals surface area contributed by atoms with E-state index in [1.165, 1.54) is 37.1 Å². The largest absolute Gasteiger partial charge is 0.508 e. The van der Waals surface area contributed by atoms with Gasteiger partial charge in [-0.3, -0.25) is 14.5 Å². The summed E-state index contributed by atoms with van der Waals surface area (Å²) < 4.78 is 1.80. The highest BCUT2D eigenvalue weighted by molar-refractivity contribution is 8.00. The summed E-state index contributed by atoms with van der Waals surface area (Å²) in [5.74, 6) is -5.94. The number of carbonyl (C=O) groups is 5. The summed E-state index contributed by atoms with van der Waals surface area (Å²) in [6, 6.07) is 15.5. The molecule has 4 heterocycles. The average molecular weight is 826 g/mol. The van der Waals surface area contributed by atoms with E-state index in [0.29, 0.717) is 27.6 Å². The SMILES string of the molecule is CC(C)(O/N=C(\C(=O)NC1C(=O)N2C(C(=O)O)=C(/C=C/c3ccc(C[n+]4c5ccccc5c(C(=O)O)c5c(O)cc(O)cc54)cc3)CSC12)c1csc(N)n1)C(=O)O. The van der Waals surface area contributed by atoms with Crippen molar-refractivity contribution < 1.29 is 58.9 Å². The van der Waals surface area contributed by atoms with Crippen LogP contribution in [0.5, 0.6) is 11.5 Å². The number of anilines is 1. The van der Waals surface area contributed by atoms with E-state index in [1.54, 1.807) is 53.1 Å². The monoisotopic (exact) mass is 825 g/mol. The van der Waals surface area contributed by atoms with Crippen molar-refractivity contribution in [3.05, 3.63) is 106 Å². The van der Waals surface area contributed by atoms with Gasteiger partial charge in [0.25, 0.3) is 11.8 Å². The van der Waals surface area contributed by atoms with Crippen LogP contribution in [0.2, 0.25) is 0 Å². The van der Waals surface area contributed by atoms with E-state index < -0.39 is 52.5 Å². The van der Waals surface area contributed by atoms with Crippen LogP contribution >= 0.6 is 23.1 Å². The topological polar surface area (TPSA) is 266 Å². The van der Waals surface area contributed by atoms with Crippen molar-refractivity contribution >= 4 is 91.5 Å². The molecule has 2 aliphatic rings. The Bertz CT molecular complexity index is 2670. The number of aromatic carboxylic acids is 1. The summed E-state index contributed by atoms with van der Waals surface area (Å²) in [5.41, 5.74) is 5.88. The number of aromatic hydroxyl groups is 2. The number of para-hydroxylation sites is 1. The molecule has 0 aliphatic carbocycles. The third-order valence-corrected chi connectivity index (χ3v) is 11.4. The van der Waals surface area contributed by atoms with Gasteiger partial charge >= 0.3 is 17.9 Å². The quantitative estimate of drug-likeness (QED) is 0.0312. The molecule has 5 aromatic rings. The maximum Gasteiger partial charge on any atom is 0.352 e. The summed E-state index contributed by atoms with van der Waals surface area (Å²) in [6.45, 7) is 2.70. The van der Waals surface area contributed by atoms with E-state index in [0.717, 1.165) is 27.9 Å². The maximum atomic E-state index is 13.4. The third kappa shape index (κ3) is 7.23. The van der Waals surface area contributed by atoms with Crippen LogP contribution in [0.4, 0.5) is 5.13 Å². The van der Waals surface area contributed by atoms with Gasteiger partial charge in [-0.05, 0) is 31.1 Å². The molecule has 17 nitrogen and oxygen atoms in total. The van der Waals surface area contributed by atoms with Gasteiger partial charge in [-0.15, -0.1) is 23.1 Å². The molecule has 8 N–H and O–H groups in total. The molecule has 0 radical (unpaired) electrons. The molecule has 2 aliphatic heterocycles. The summed E-state index contributed by atoms with van der Waals surface area (Å²) >= 11 is 2.24. The Morgan fingerprint density at radius 1 is 1.03 bits per heavy atom. The van der Waals surface area contributed by atoms with Crippen LogP contribution in [-0.4, -0.2) is 93.6 Å². The molecule has 2 atom stereocenters. The van der Waals surface area contributed by atoms with Gasteiger partial charge in [-0.25, -0.2) is 19.4 Å². The number of nitrogens with one attached hydrogen (secondary N) is 1. The fraction of sp³-hybridized carbons (Fsp3) is 0.179. The summed E-state index contributed by atoms with van der Waals surface area (Å²) in [7, 11) is 0. The highest BCUT2D eigenvalue weighted by Gasteiger charge is 2.54. The van der Waals surface area contributed by atoms with Gasteiger partial charge in [0.2, 0.25) is 16.6 Å². The van der Waals surface area contributed by atoms with Gasteiger partial charge in [0.15, 0.2) is 17.4 Å². The molecule has 19 heteroatoms. The first-order chi connectivity index (χ1) is 27.5. The van der Waals surface area contributed by atoms with Gasteiger partial charge in [-0.2, -0.15) is 4.57 Å². The van der Waals surface area contributed by atoms with Crippen LogP contribution in [0.15, 0.2) is 88.5 Å². The van der Waals surface area contributed by atoms with E-state index in [-0.39, 0.29) is 51.3 Å². The Morgan fingerprint density at radius 3 is 2.41 bits per heavy atom. The molecule has 2 amide bonds. The highest BCUT2D eigenvalue weighted by atomic mass is 32.2. The number of hydrogen-bond acceptors (Lipinski definition) is 13. The van der Waals surface area contributed by atoms with Crippen LogP contribution in [0.3, 0.4) is 0 Å². The van der Waals surface area contributed by atoms with Crippen LogP contribution in [0, 0.1) is 0 Å². The number of thioether (sulfide) groups is 1. The molecule has 3 aromatic carbocycles. The minimum Gasteiger partial charge on any atom is -0.508 e. The zero-order chi connectivity index (χ0) is 41.6. The Kier molecular flexibility index (Phi) is 10.3. The number of fused-ring (bicyclic) bond motifs is 3. The van der Waals surface area contributed by atoms with Crippen molar-refractivity contribution in [3.63, 3.8) is 0 Å². The lowest BCUT2D eigenvalue weighted by Gasteiger charge is -2.49. The van der Waals surface area contributed by atoms with Crippen molar-refractivity contribution in [3.8, 4) is 11.5 Å². The van der Waals surface area contributed by atoms with E-state index in [4.69, 9.17) is 10.6 Å². The van der Waals surface area contributed by atoms with E-state index in [1.807, 2.05) is 12.1 Å². The number of thiazole rings is 1. The van der Waals surface area contributed by atoms with Crippen LogP contribution in [0.25, 0.3) is 27.9 Å². The van der Waals surface area contributed by atoms with Gasteiger partial charge in [0.05, 0.1) is 17.0 Å². The van der Waals surface area contributed by atoms with Crippen LogP contribution in [-0.2, 0) is 30.6 Å². The Morgan fingerprint density at radius 2 is 1.76 bits per heavy atom. The van der Waals surface area contributed by atoms with Crippen molar-refractivity contribution in [2.45, 2.75) is 37.4 Å². The molecule has 58 heavy (non-hydrogen) atoms. The van der Waals surface area contributed by atoms with E-state index >= 15 is 0 Å². The number of β-lactam (4-membered cyclic amide) rings is 1. The first kappa shape index (κ1) is 39.3. The van der Waals surface area contributed by atoms with Crippen molar-refractivity contribution in [1.29, 1.82) is 0 Å². The number of amides is 2. The molecule has 0 saturated carbocycles.